The monoisotopic (exact) mass is 268 g/mol. The van der Waals surface area contributed by atoms with Gasteiger partial charge in [-0.15, -0.1) is 11.3 Å². The quantitative estimate of drug-likeness (QED) is 0.767. The highest BCUT2D eigenvalue weighted by atomic mass is 32.1. The molecule has 0 unspecified atom stereocenters. The Morgan fingerprint density at radius 3 is 2.89 bits per heavy atom. The number of nitrogens with zero attached hydrogens (tertiary/aromatic N) is 1. The minimum atomic E-state index is -0.0796. The number of anilines is 1. The molecule has 1 N–H and O–H groups in total. The Morgan fingerprint density at radius 1 is 1.21 bits per heavy atom. The smallest absolute Gasteiger partial charge is 0.265 e. The Morgan fingerprint density at radius 2 is 2.11 bits per heavy atom. The predicted octanol–water partition coefficient (Wildman–Crippen LogP) is 3.86. The van der Waals surface area contributed by atoms with Gasteiger partial charge >= 0.3 is 0 Å². The molecular formula is C15H12N2OS. The van der Waals surface area contributed by atoms with Crippen molar-refractivity contribution in [2.75, 3.05) is 5.32 Å². The summed E-state index contributed by atoms with van der Waals surface area (Å²) in [6.45, 7) is 2.01. The van der Waals surface area contributed by atoms with E-state index in [1.807, 2.05) is 48.7 Å². The summed E-state index contributed by atoms with van der Waals surface area (Å²) in [5, 5.41) is 5.80. The van der Waals surface area contributed by atoms with Gasteiger partial charge in [0.2, 0.25) is 0 Å². The molecule has 0 spiro atoms. The molecule has 4 heteroatoms. The number of amides is 1. The van der Waals surface area contributed by atoms with Crippen LogP contribution in [-0.2, 0) is 0 Å². The third kappa shape index (κ3) is 2.22. The molecule has 0 saturated heterocycles. The van der Waals surface area contributed by atoms with Crippen LogP contribution >= 0.6 is 11.3 Å². The average Bonchev–Trinajstić information content (AvgIpc) is 2.96. The molecule has 0 aliphatic carbocycles. The van der Waals surface area contributed by atoms with Crippen LogP contribution in [0.3, 0.4) is 0 Å². The van der Waals surface area contributed by atoms with Crippen molar-refractivity contribution < 1.29 is 4.79 Å². The average molecular weight is 268 g/mol. The van der Waals surface area contributed by atoms with Crippen LogP contribution in [0, 0.1) is 6.92 Å². The fourth-order valence-electron chi connectivity index (χ4n) is 2.01. The van der Waals surface area contributed by atoms with Crippen LogP contribution in [0.15, 0.2) is 48.0 Å². The zero-order chi connectivity index (χ0) is 13.2. The van der Waals surface area contributed by atoms with Gasteiger partial charge in [-0.3, -0.25) is 9.78 Å². The van der Waals surface area contributed by atoms with Crippen LogP contribution in [0.1, 0.15) is 15.2 Å². The molecule has 1 amide bonds. The maximum Gasteiger partial charge on any atom is 0.265 e. The van der Waals surface area contributed by atoms with E-state index in [1.165, 1.54) is 11.3 Å². The minimum Gasteiger partial charge on any atom is -0.321 e. The highest BCUT2D eigenvalue weighted by molar-refractivity contribution is 7.12. The van der Waals surface area contributed by atoms with Crippen molar-refractivity contribution >= 4 is 33.8 Å². The van der Waals surface area contributed by atoms with Crippen molar-refractivity contribution in [2.24, 2.45) is 0 Å². The topological polar surface area (TPSA) is 42.0 Å². The first-order chi connectivity index (χ1) is 9.25. The molecule has 94 valence electrons. The van der Waals surface area contributed by atoms with Gasteiger partial charge in [0.1, 0.15) is 0 Å². The van der Waals surface area contributed by atoms with Crippen molar-refractivity contribution in [2.45, 2.75) is 6.92 Å². The maximum absolute atomic E-state index is 12.1. The first-order valence-corrected chi connectivity index (χ1v) is 6.83. The molecule has 0 bridgehead atoms. The number of fused-ring (bicyclic) bond motifs is 1. The summed E-state index contributed by atoms with van der Waals surface area (Å²) in [6, 6.07) is 11.4. The van der Waals surface area contributed by atoms with Gasteiger partial charge in [-0.2, -0.15) is 0 Å². The number of thiophene rings is 1. The van der Waals surface area contributed by atoms with E-state index in [-0.39, 0.29) is 5.91 Å². The number of hydrogen-bond donors (Lipinski definition) is 1. The first-order valence-electron chi connectivity index (χ1n) is 5.95. The van der Waals surface area contributed by atoms with E-state index >= 15 is 0 Å². The zero-order valence-corrected chi connectivity index (χ0v) is 11.2. The molecule has 0 saturated carbocycles. The molecule has 0 radical (unpaired) electrons. The fourth-order valence-corrected chi connectivity index (χ4v) is 2.63. The number of carbonyl (C=O) groups is 1. The lowest BCUT2D eigenvalue weighted by Crippen LogP contribution is -2.10. The summed E-state index contributed by atoms with van der Waals surface area (Å²) in [7, 11) is 0. The van der Waals surface area contributed by atoms with E-state index < -0.39 is 0 Å². The molecule has 0 fully saturated rings. The van der Waals surface area contributed by atoms with E-state index in [2.05, 4.69) is 10.3 Å². The lowest BCUT2D eigenvalue weighted by Gasteiger charge is -2.09. The Labute approximate surface area is 114 Å². The Hall–Kier alpha value is -2.20. The SMILES string of the molecule is Cc1ccc(NC(=O)c2cccs2)c2cccnc12. The second-order valence-corrected chi connectivity index (χ2v) is 5.21. The second-order valence-electron chi connectivity index (χ2n) is 4.26. The molecule has 2 aromatic heterocycles. The standard InChI is InChI=1S/C15H12N2OS/c1-10-6-7-12(11-4-2-8-16-14(10)11)17-15(18)13-5-3-9-19-13/h2-9H,1H3,(H,17,18). The summed E-state index contributed by atoms with van der Waals surface area (Å²) < 4.78 is 0. The van der Waals surface area contributed by atoms with Gasteiger partial charge in [0.15, 0.2) is 0 Å². The lowest BCUT2D eigenvalue weighted by molar-refractivity contribution is 0.103. The lowest BCUT2D eigenvalue weighted by atomic mass is 10.1. The summed E-state index contributed by atoms with van der Waals surface area (Å²) in [5.74, 6) is -0.0796. The number of aryl methyl sites for hydroxylation is 1. The van der Waals surface area contributed by atoms with E-state index in [0.29, 0.717) is 4.88 Å². The van der Waals surface area contributed by atoms with Gasteiger partial charge in [0.25, 0.3) is 5.91 Å². The molecule has 0 atom stereocenters. The van der Waals surface area contributed by atoms with Gasteiger partial charge in [0.05, 0.1) is 16.1 Å². The van der Waals surface area contributed by atoms with Crippen molar-refractivity contribution in [3.8, 4) is 0 Å². The van der Waals surface area contributed by atoms with E-state index in [0.717, 1.165) is 22.2 Å². The molecule has 3 aromatic rings. The number of benzene rings is 1. The summed E-state index contributed by atoms with van der Waals surface area (Å²) in [5.41, 5.74) is 2.82. The number of aromatic nitrogens is 1. The van der Waals surface area contributed by atoms with Gasteiger partial charge in [-0.1, -0.05) is 12.1 Å². The van der Waals surface area contributed by atoms with Gasteiger partial charge in [0, 0.05) is 11.6 Å². The largest absolute Gasteiger partial charge is 0.321 e. The molecule has 19 heavy (non-hydrogen) atoms. The Balaban J connectivity index is 2.02. The minimum absolute atomic E-state index is 0.0796. The molecular weight excluding hydrogens is 256 g/mol. The summed E-state index contributed by atoms with van der Waals surface area (Å²) >= 11 is 1.43. The highest BCUT2D eigenvalue weighted by Crippen LogP contribution is 2.25. The molecule has 0 aliphatic rings. The van der Waals surface area contributed by atoms with Crippen LogP contribution < -0.4 is 5.32 Å². The van der Waals surface area contributed by atoms with Crippen molar-refractivity contribution in [1.29, 1.82) is 0 Å². The summed E-state index contributed by atoms with van der Waals surface area (Å²) in [6.07, 6.45) is 1.76. The normalized spacial score (nSPS) is 10.6. The van der Waals surface area contributed by atoms with Crippen LogP contribution in [-0.4, -0.2) is 10.9 Å². The van der Waals surface area contributed by atoms with Crippen LogP contribution in [0.2, 0.25) is 0 Å². The van der Waals surface area contributed by atoms with E-state index in [1.54, 1.807) is 6.20 Å². The number of pyridine rings is 1. The summed E-state index contributed by atoms with van der Waals surface area (Å²) in [4.78, 5) is 17.2. The number of hydrogen-bond acceptors (Lipinski definition) is 3. The Bertz CT molecular complexity index is 735. The molecule has 2 heterocycles. The third-order valence-electron chi connectivity index (χ3n) is 2.96. The second kappa shape index (κ2) is 4.82. The van der Waals surface area contributed by atoms with Crippen LogP contribution in [0.25, 0.3) is 10.9 Å². The van der Waals surface area contributed by atoms with E-state index in [4.69, 9.17) is 0 Å². The zero-order valence-electron chi connectivity index (χ0n) is 10.4. The number of nitrogens with one attached hydrogen (secondary N) is 1. The van der Waals surface area contributed by atoms with Crippen molar-refractivity contribution in [1.82, 2.24) is 4.98 Å². The van der Waals surface area contributed by atoms with Gasteiger partial charge in [-0.25, -0.2) is 0 Å². The van der Waals surface area contributed by atoms with Crippen LogP contribution in [0.4, 0.5) is 5.69 Å². The molecule has 3 rings (SSSR count). The van der Waals surface area contributed by atoms with Crippen molar-refractivity contribution in [3.63, 3.8) is 0 Å². The maximum atomic E-state index is 12.1. The highest BCUT2D eigenvalue weighted by Gasteiger charge is 2.10. The molecule has 0 aliphatic heterocycles. The first kappa shape index (κ1) is 11.9. The third-order valence-corrected chi connectivity index (χ3v) is 3.83. The number of carbonyl (C=O) groups excluding carboxylic acids is 1. The Kier molecular flexibility index (Phi) is 3.01. The van der Waals surface area contributed by atoms with E-state index in [9.17, 15) is 4.79 Å². The van der Waals surface area contributed by atoms with Crippen molar-refractivity contribution in [3.05, 3.63) is 58.4 Å². The molecule has 3 nitrogen and oxygen atoms in total. The predicted molar refractivity (Wildman–Crippen MR) is 78.8 cm³/mol. The van der Waals surface area contributed by atoms with Gasteiger partial charge in [-0.05, 0) is 42.1 Å². The van der Waals surface area contributed by atoms with Crippen LogP contribution in [0.5, 0.6) is 0 Å². The fraction of sp³-hybridized carbons (Fsp3) is 0.0667. The molecule has 1 aromatic carbocycles. The van der Waals surface area contributed by atoms with Gasteiger partial charge < -0.3 is 5.32 Å². The number of rotatable bonds is 2.